The topological polar surface area (TPSA) is 85.4 Å². The summed E-state index contributed by atoms with van der Waals surface area (Å²) < 4.78 is 12.1. The van der Waals surface area contributed by atoms with E-state index < -0.39 is 0 Å². The fraction of sp³-hybridized carbons (Fsp3) is 0.526. The number of ether oxygens (including phenoxy) is 2. The lowest BCUT2D eigenvalue weighted by Crippen LogP contribution is -2.33. The van der Waals surface area contributed by atoms with Gasteiger partial charge in [0.25, 0.3) is 0 Å². The number of hydrogen-bond acceptors (Lipinski definition) is 8. The largest absolute Gasteiger partial charge is 0.486 e. The summed E-state index contributed by atoms with van der Waals surface area (Å²) >= 11 is 2.92. The third kappa shape index (κ3) is 4.88. The highest BCUT2D eigenvalue weighted by atomic mass is 32.2. The van der Waals surface area contributed by atoms with Gasteiger partial charge in [0.2, 0.25) is 11.0 Å². The summed E-state index contributed by atoms with van der Waals surface area (Å²) in [6.45, 7) is 5.30. The molecular weight excluding hydrogens is 396 g/mol. The first-order valence-electron chi connectivity index (χ1n) is 9.50. The van der Waals surface area contributed by atoms with Crippen LogP contribution in [-0.2, 0) is 4.79 Å². The van der Waals surface area contributed by atoms with Gasteiger partial charge in [0, 0.05) is 6.04 Å². The maximum absolute atomic E-state index is 12.5. The molecule has 2 aromatic rings. The van der Waals surface area contributed by atoms with Crippen LogP contribution in [0.3, 0.4) is 0 Å². The van der Waals surface area contributed by atoms with Gasteiger partial charge in [0.15, 0.2) is 15.8 Å². The lowest BCUT2D eigenvalue weighted by atomic mass is 9.95. The van der Waals surface area contributed by atoms with Crippen molar-refractivity contribution in [2.24, 2.45) is 5.92 Å². The number of thioether (sulfide) groups is 1. The van der Waals surface area contributed by atoms with Crippen LogP contribution >= 0.6 is 23.1 Å². The Morgan fingerprint density at radius 2 is 2.04 bits per heavy atom. The summed E-state index contributed by atoms with van der Waals surface area (Å²) in [5.41, 5.74) is 1.02. The smallest absolute Gasteiger partial charge is 0.230 e. The number of amides is 1. The maximum Gasteiger partial charge on any atom is 0.230 e. The molecule has 1 aliphatic heterocycles. The van der Waals surface area contributed by atoms with Crippen molar-refractivity contribution in [3.63, 3.8) is 0 Å². The quantitative estimate of drug-likeness (QED) is 0.632. The Balaban J connectivity index is 1.34. The van der Waals surface area contributed by atoms with E-state index in [4.69, 9.17) is 9.47 Å². The first-order valence-corrected chi connectivity index (χ1v) is 11.3. The SMILES string of the molecule is CC(C)[C@@H](NC(=O)CSc1nnc(NC2CC2)s1)c1ccc2c(c1)OCCO2. The Morgan fingerprint density at radius 1 is 1.25 bits per heavy atom. The van der Waals surface area contributed by atoms with Gasteiger partial charge >= 0.3 is 0 Å². The minimum atomic E-state index is -0.0922. The Labute approximate surface area is 172 Å². The van der Waals surface area contributed by atoms with E-state index in [9.17, 15) is 4.79 Å². The molecule has 1 atom stereocenters. The van der Waals surface area contributed by atoms with Gasteiger partial charge in [-0.25, -0.2) is 0 Å². The third-order valence-corrected chi connectivity index (χ3v) is 6.53. The summed E-state index contributed by atoms with van der Waals surface area (Å²) in [6, 6.07) is 6.33. The Hall–Kier alpha value is -2.00. The van der Waals surface area contributed by atoms with Crippen LogP contribution < -0.4 is 20.1 Å². The second-order valence-electron chi connectivity index (χ2n) is 7.27. The van der Waals surface area contributed by atoms with Crippen LogP contribution in [0.15, 0.2) is 22.5 Å². The molecular formula is C19H24N4O3S2. The van der Waals surface area contributed by atoms with Crippen LogP contribution in [-0.4, -0.2) is 41.1 Å². The third-order valence-electron chi connectivity index (χ3n) is 4.55. The number of carbonyl (C=O) groups excluding carboxylic acids is 1. The van der Waals surface area contributed by atoms with E-state index in [1.54, 1.807) is 0 Å². The molecule has 2 aliphatic rings. The molecule has 0 saturated heterocycles. The number of nitrogens with zero attached hydrogens (tertiary/aromatic N) is 2. The number of rotatable bonds is 8. The van der Waals surface area contributed by atoms with Gasteiger partial charge < -0.3 is 20.1 Å². The lowest BCUT2D eigenvalue weighted by molar-refractivity contribution is -0.119. The van der Waals surface area contributed by atoms with Crippen molar-refractivity contribution in [1.82, 2.24) is 15.5 Å². The average Bonchev–Trinajstić information content (AvgIpc) is 3.40. The summed E-state index contributed by atoms with van der Waals surface area (Å²) in [4.78, 5) is 12.5. The van der Waals surface area contributed by atoms with Crippen LogP contribution in [0, 0.1) is 5.92 Å². The average molecular weight is 421 g/mol. The standard InChI is InChI=1S/C19H24N4O3S2/c1-11(2)17(12-3-6-14-15(9-12)26-8-7-25-14)21-16(24)10-27-19-23-22-18(28-19)20-13-4-5-13/h3,6,9,11,13,17H,4-5,7-8,10H2,1-2H3,(H,20,22)(H,21,24)/t17-/m1/s1. The molecule has 1 aromatic carbocycles. The van der Waals surface area contributed by atoms with Gasteiger partial charge in [-0.15, -0.1) is 10.2 Å². The van der Waals surface area contributed by atoms with Gasteiger partial charge in [0.1, 0.15) is 13.2 Å². The van der Waals surface area contributed by atoms with Gasteiger partial charge in [0.05, 0.1) is 11.8 Å². The first-order chi connectivity index (χ1) is 13.6. The van der Waals surface area contributed by atoms with E-state index >= 15 is 0 Å². The minimum Gasteiger partial charge on any atom is -0.486 e. The molecule has 0 radical (unpaired) electrons. The molecule has 1 fully saturated rings. The lowest BCUT2D eigenvalue weighted by Gasteiger charge is -2.25. The summed E-state index contributed by atoms with van der Waals surface area (Å²) in [5, 5.41) is 15.6. The Kier molecular flexibility index (Phi) is 5.91. The van der Waals surface area contributed by atoms with E-state index in [-0.39, 0.29) is 17.9 Å². The van der Waals surface area contributed by atoms with E-state index in [2.05, 4.69) is 34.7 Å². The zero-order valence-electron chi connectivity index (χ0n) is 15.9. The molecule has 28 heavy (non-hydrogen) atoms. The predicted octanol–water partition coefficient (Wildman–Crippen LogP) is 3.49. The van der Waals surface area contributed by atoms with Gasteiger partial charge in [-0.05, 0) is 36.5 Å². The number of benzene rings is 1. The van der Waals surface area contributed by atoms with E-state index in [0.717, 1.165) is 26.5 Å². The molecule has 1 saturated carbocycles. The number of anilines is 1. The van der Waals surface area contributed by atoms with Crippen molar-refractivity contribution in [2.75, 3.05) is 24.3 Å². The number of nitrogens with one attached hydrogen (secondary N) is 2. The van der Waals surface area contributed by atoms with Gasteiger partial charge in [-0.3, -0.25) is 4.79 Å². The van der Waals surface area contributed by atoms with Gasteiger partial charge in [-0.2, -0.15) is 0 Å². The number of hydrogen-bond donors (Lipinski definition) is 2. The second kappa shape index (κ2) is 8.57. The molecule has 2 heterocycles. The fourth-order valence-electron chi connectivity index (χ4n) is 2.96. The second-order valence-corrected chi connectivity index (χ2v) is 9.47. The van der Waals surface area contributed by atoms with E-state index in [0.29, 0.717) is 25.0 Å². The molecule has 1 amide bonds. The van der Waals surface area contributed by atoms with Crippen molar-refractivity contribution < 1.29 is 14.3 Å². The van der Waals surface area contributed by atoms with Crippen molar-refractivity contribution in [2.45, 2.75) is 43.1 Å². The number of fused-ring (bicyclic) bond motifs is 1. The molecule has 7 nitrogen and oxygen atoms in total. The van der Waals surface area contributed by atoms with Crippen molar-refractivity contribution in [3.8, 4) is 11.5 Å². The van der Waals surface area contributed by atoms with Crippen molar-refractivity contribution in [1.29, 1.82) is 0 Å². The van der Waals surface area contributed by atoms with E-state index in [1.807, 2.05) is 18.2 Å². The first kappa shape index (κ1) is 19.3. The van der Waals surface area contributed by atoms with Crippen LogP contribution in [0.1, 0.15) is 38.3 Å². The molecule has 1 aromatic heterocycles. The molecule has 0 bridgehead atoms. The molecule has 4 rings (SSSR count). The van der Waals surface area contributed by atoms with Crippen molar-refractivity contribution >= 4 is 34.1 Å². The van der Waals surface area contributed by atoms with Crippen LogP contribution in [0.5, 0.6) is 11.5 Å². The molecule has 0 spiro atoms. The molecule has 150 valence electrons. The van der Waals surface area contributed by atoms with Crippen molar-refractivity contribution in [3.05, 3.63) is 23.8 Å². The van der Waals surface area contributed by atoms with Crippen LogP contribution in [0.2, 0.25) is 0 Å². The number of aromatic nitrogens is 2. The summed E-state index contributed by atoms with van der Waals surface area (Å²) in [7, 11) is 0. The predicted molar refractivity (Wildman–Crippen MR) is 110 cm³/mol. The summed E-state index contributed by atoms with van der Waals surface area (Å²) in [5.74, 6) is 2.03. The van der Waals surface area contributed by atoms with Crippen LogP contribution in [0.4, 0.5) is 5.13 Å². The fourth-order valence-corrected chi connectivity index (χ4v) is 4.60. The normalized spacial score (nSPS) is 16.7. The minimum absolute atomic E-state index is 0.0227. The summed E-state index contributed by atoms with van der Waals surface area (Å²) in [6.07, 6.45) is 2.39. The highest BCUT2D eigenvalue weighted by Crippen LogP contribution is 2.35. The highest BCUT2D eigenvalue weighted by Gasteiger charge is 2.23. The maximum atomic E-state index is 12.5. The van der Waals surface area contributed by atoms with Crippen LogP contribution in [0.25, 0.3) is 0 Å². The molecule has 9 heteroatoms. The zero-order valence-corrected chi connectivity index (χ0v) is 17.6. The zero-order chi connectivity index (χ0) is 19.5. The monoisotopic (exact) mass is 420 g/mol. The highest BCUT2D eigenvalue weighted by molar-refractivity contribution is 8.01. The molecule has 1 aliphatic carbocycles. The van der Waals surface area contributed by atoms with Gasteiger partial charge in [-0.1, -0.05) is 43.0 Å². The molecule has 2 N–H and O–H groups in total. The van der Waals surface area contributed by atoms with E-state index in [1.165, 1.54) is 35.9 Å². The number of carbonyl (C=O) groups is 1. The Bertz CT molecular complexity index is 838. The molecule has 0 unspecified atom stereocenters. The Morgan fingerprint density at radius 3 is 2.79 bits per heavy atom.